The van der Waals surface area contributed by atoms with Crippen molar-refractivity contribution in [1.82, 2.24) is 15.8 Å². The van der Waals surface area contributed by atoms with Crippen LogP contribution in [0.5, 0.6) is 5.75 Å². The van der Waals surface area contributed by atoms with E-state index in [0.29, 0.717) is 29.5 Å². The van der Waals surface area contributed by atoms with Gasteiger partial charge < -0.3 is 19.9 Å². The van der Waals surface area contributed by atoms with E-state index in [9.17, 15) is 13.2 Å². The Labute approximate surface area is 136 Å². The molecule has 0 aliphatic rings. The van der Waals surface area contributed by atoms with Crippen LogP contribution in [-0.4, -0.2) is 24.5 Å². The minimum Gasteiger partial charge on any atom is -0.405 e. The average Bonchev–Trinajstić information content (AvgIpc) is 2.93. The molecule has 2 aromatic rings. The number of rotatable bonds is 5. The maximum atomic E-state index is 12.4. The second-order valence-corrected chi connectivity index (χ2v) is 4.86. The molecule has 1 aromatic heterocycles. The van der Waals surface area contributed by atoms with Crippen LogP contribution >= 0.6 is 0 Å². The van der Waals surface area contributed by atoms with Gasteiger partial charge in [-0.2, -0.15) is 0 Å². The molecule has 1 aromatic carbocycles. The van der Waals surface area contributed by atoms with Crippen LogP contribution < -0.4 is 15.4 Å². The molecule has 0 bridgehead atoms. The number of alkyl halides is 3. The van der Waals surface area contributed by atoms with Crippen LogP contribution in [0.25, 0.3) is 0 Å². The predicted octanol–water partition coefficient (Wildman–Crippen LogP) is 2.75. The number of benzene rings is 1. The summed E-state index contributed by atoms with van der Waals surface area (Å²) < 4.78 is 46.2. The topological polar surface area (TPSA) is 71.7 Å². The number of aryl methyl sites for hydroxylation is 1. The summed E-state index contributed by atoms with van der Waals surface area (Å²) in [4.78, 5) is 4.00. The van der Waals surface area contributed by atoms with Gasteiger partial charge in [-0.1, -0.05) is 23.4 Å². The largest absolute Gasteiger partial charge is 0.573 e. The number of aromatic nitrogens is 1. The van der Waals surface area contributed by atoms with Crippen LogP contribution in [0.4, 0.5) is 13.2 Å². The Morgan fingerprint density at radius 2 is 1.96 bits per heavy atom. The van der Waals surface area contributed by atoms with Gasteiger partial charge in [0, 0.05) is 25.2 Å². The second-order valence-electron chi connectivity index (χ2n) is 4.86. The molecule has 0 atom stereocenters. The monoisotopic (exact) mass is 342 g/mol. The first-order valence-electron chi connectivity index (χ1n) is 7.08. The molecular formula is C15H17F3N4O2. The standard InChI is InChI=1S/C15H17F3N4O2/c1-10-7-12(22-24-10)9-21-14(19-2)20-8-11-5-3-4-6-13(11)23-15(16,17)18/h3-7H,8-9H2,1-2H3,(H2,19,20,21). The fraction of sp³-hybridized carbons (Fsp3) is 0.333. The molecule has 0 saturated carbocycles. The molecule has 0 spiro atoms. The van der Waals surface area contributed by atoms with Crippen molar-refractivity contribution >= 4 is 5.96 Å². The molecule has 1 heterocycles. The first-order chi connectivity index (χ1) is 11.4. The molecule has 0 saturated heterocycles. The highest BCUT2D eigenvalue weighted by molar-refractivity contribution is 5.79. The smallest absolute Gasteiger partial charge is 0.405 e. The van der Waals surface area contributed by atoms with Gasteiger partial charge in [-0.05, 0) is 13.0 Å². The van der Waals surface area contributed by atoms with E-state index in [0.717, 1.165) is 0 Å². The fourth-order valence-corrected chi connectivity index (χ4v) is 1.95. The Bertz CT molecular complexity index is 698. The third-order valence-corrected chi connectivity index (χ3v) is 2.98. The molecule has 0 aliphatic heterocycles. The summed E-state index contributed by atoms with van der Waals surface area (Å²) >= 11 is 0. The van der Waals surface area contributed by atoms with Crippen molar-refractivity contribution in [2.24, 2.45) is 4.99 Å². The summed E-state index contributed by atoms with van der Waals surface area (Å²) in [5.74, 6) is 0.852. The van der Waals surface area contributed by atoms with Crippen LogP contribution in [0.15, 0.2) is 39.8 Å². The fourth-order valence-electron chi connectivity index (χ4n) is 1.95. The van der Waals surface area contributed by atoms with Gasteiger partial charge in [-0.3, -0.25) is 4.99 Å². The zero-order valence-corrected chi connectivity index (χ0v) is 13.1. The van der Waals surface area contributed by atoms with Gasteiger partial charge in [0.05, 0.1) is 6.54 Å². The Balaban J connectivity index is 1.93. The van der Waals surface area contributed by atoms with Gasteiger partial charge in [-0.25, -0.2) is 0 Å². The van der Waals surface area contributed by atoms with Gasteiger partial charge >= 0.3 is 6.36 Å². The van der Waals surface area contributed by atoms with E-state index in [1.54, 1.807) is 32.2 Å². The lowest BCUT2D eigenvalue weighted by atomic mass is 10.2. The van der Waals surface area contributed by atoms with Crippen molar-refractivity contribution in [3.63, 3.8) is 0 Å². The minimum absolute atomic E-state index is 0.115. The molecule has 9 heteroatoms. The third-order valence-electron chi connectivity index (χ3n) is 2.98. The van der Waals surface area contributed by atoms with Crippen molar-refractivity contribution in [3.05, 3.63) is 47.3 Å². The van der Waals surface area contributed by atoms with E-state index in [2.05, 4.69) is 25.5 Å². The molecule has 130 valence electrons. The molecule has 0 amide bonds. The zero-order chi connectivity index (χ0) is 17.6. The van der Waals surface area contributed by atoms with Gasteiger partial charge in [0.15, 0.2) is 5.96 Å². The number of nitrogens with zero attached hydrogens (tertiary/aromatic N) is 2. The van der Waals surface area contributed by atoms with Gasteiger partial charge in [-0.15, -0.1) is 13.2 Å². The molecule has 6 nitrogen and oxygen atoms in total. The lowest BCUT2D eigenvalue weighted by molar-refractivity contribution is -0.274. The number of para-hydroxylation sites is 1. The van der Waals surface area contributed by atoms with Crippen molar-refractivity contribution in [2.75, 3.05) is 7.05 Å². The van der Waals surface area contributed by atoms with Crippen LogP contribution in [-0.2, 0) is 13.1 Å². The zero-order valence-electron chi connectivity index (χ0n) is 13.1. The maximum absolute atomic E-state index is 12.4. The number of hydrogen-bond donors (Lipinski definition) is 2. The Kier molecular flexibility index (Phi) is 5.67. The summed E-state index contributed by atoms with van der Waals surface area (Å²) in [6.07, 6.45) is -4.74. The van der Waals surface area contributed by atoms with Gasteiger partial charge in [0.1, 0.15) is 17.2 Å². The molecule has 0 unspecified atom stereocenters. The first-order valence-corrected chi connectivity index (χ1v) is 7.08. The molecule has 24 heavy (non-hydrogen) atoms. The summed E-state index contributed by atoms with van der Waals surface area (Å²) in [6.45, 7) is 2.27. The summed E-state index contributed by atoms with van der Waals surface area (Å²) in [6, 6.07) is 7.69. The van der Waals surface area contributed by atoms with E-state index in [-0.39, 0.29) is 12.3 Å². The van der Waals surface area contributed by atoms with Gasteiger partial charge in [0.25, 0.3) is 0 Å². The third kappa shape index (κ3) is 5.49. The summed E-state index contributed by atoms with van der Waals surface area (Å²) in [5.41, 5.74) is 1.05. The quantitative estimate of drug-likeness (QED) is 0.646. The van der Waals surface area contributed by atoms with E-state index >= 15 is 0 Å². The number of nitrogens with one attached hydrogen (secondary N) is 2. The number of halogens is 3. The lowest BCUT2D eigenvalue weighted by Gasteiger charge is -2.15. The molecule has 0 fully saturated rings. The van der Waals surface area contributed by atoms with Crippen molar-refractivity contribution in [2.45, 2.75) is 26.4 Å². The van der Waals surface area contributed by atoms with Crippen molar-refractivity contribution < 1.29 is 22.4 Å². The van der Waals surface area contributed by atoms with Crippen LogP contribution in [0.3, 0.4) is 0 Å². The summed E-state index contributed by atoms with van der Waals surface area (Å²) in [7, 11) is 1.56. The van der Waals surface area contributed by atoms with E-state index < -0.39 is 6.36 Å². The normalized spacial score (nSPS) is 12.1. The number of guanidine groups is 1. The molecule has 2 rings (SSSR count). The number of ether oxygens (including phenoxy) is 1. The average molecular weight is 342 g/mol. The van der Waals surface area contributed by atoms with Crippen LogP contribution in [0, 0.1) is 6.92 Å². The highest BCUT2D eigenvalue weighted by Crippen LogP contribution is 2.25. The van der Waals surface area contributed by atoms with E-state index in [4.69, 9.17) is 4.52 Å². The molecular weight excluding hydrogens is 325 g/mol. The van der Waals surface area contributed by atoms with Crippen molar-refractivity contribution in [1.29, 1.82) is 0 Å². The SMILES string of the molecule is CN=C(NCc1cc(C)on1)NCc1ccccc1OC(F)(F)F. The highest BCUT2D eigenvalue weighted by atomic mass is 19.4. The van der Waals surface area contributed by atoms with Gasteiger partial charge in [0.2, 0.25) is 0 Å². The Hall–Kier alpha value is -2.71. The van der Waals surface area contributed by atoms with Crippen molar-refractivity contribution in [3.8, 4) is 5.75 Å². The molecule has 2 N–H and O–H groups in total. The van der Waals surface area contributed by atoms with Crippen LogP contribution in [0.2, 0.25) is 0 Å². The maximum Gasteiger partial charge on any atom is 0.573 e. The lowest BCUT2D eigenvalue weighted by Crippen LogP contribution is -2.36. The number of aliphatic imine (C=N–C) groups is 1. The Morgan fingerprint density at radius 1 is 1.25 bits per heavy atom. The second kappa shape index (κ2) is 7.71. The van der Waals surface area contributed by atoms with E-state index in [1.807, 2.05) is 0 Å². The van der Waals surface area contributed by atoms with E-state index in [1.165, 1.54) is 12.1 Å². The van der Waals surface area contributed by atoms with Crippen LogP contribution in [0.1, 0.15) is 17.0 Å². The first kappa shape index (κ1) is 17.6. The number of hydrogen-bond acceptors (Lipinski definition) is 4. The summed E-state index contributed by atoms with van der Waals surface area (Å²) in [5, 5.41) is 9.74. The Morgan fingerprint density at radius 3 is 2.58 bits per heavy atom. The highest BCUT2D eigenvalue weighted by Gasteiger charge is 2.31. The minimum atomic E-state index is -4.74. The molecule has 0 radical (unpaired) electrons. The molecule has 0 aliphatic carbocycles. The predicted molar refractivity (Wildman–Crippen MR) is 81.4 cm³/mol.